The van der Waals surface area contributed by atoms with Crippen LogP contribution in [0.25, 0.3) is 0 Å². The van der Waals surface area contributed by atoms with E-state index in [0.29, 0.717) is 19.0 Å². The molecule has 0 atom stereocenters. The zero-order chi connectivity index (χ0) is 20.1. The molecule has 0 radical (unpaired) electrons. The van der Waals surface area contributed by atoms with Gasteiger partial charge in [-0.05, 0) is 43.4 Å². The Labute approximate surface area is 169 Å². The van der Waals surface area contributed by atoms with Crippen molar-refractivity contribution in [3.63, 3.8) is 0 Å². The molecule has 156 valence electrons. The minimum atomic E-state index is -3.06. The largest absolute Gasteiger partial charge is 0.368 e. The number of hydrogen-bond acceptors (Lipinski definition) is 4. The maximum Gasteiger partial charge on any atom is 0.211 e. The van der Waals surface area contributed by atoms with Crippen LogP contribution in [0.4, 0.5) is 5.69 Å². The number of guanidine groups is 1. The summed E-state index contributed by atoms with van der Waals surface area (Å²) in [6, 6.07) is 8.67. The van der Waals surface area contributed by atoms with Crippen LogP contribution in [0.3, 0.4) is 0 Å². The molecule has 8 heteroatoms. The zero-order valence-corrected chi connectivity index (χ0v) is 18.1. The first-order valence-corrected chi connectivity index (χ1v) is 11.9. The molecule has 7 nitrogen and oxygen atoms in total. The summed E-state index contributed by atoms with van der Waals surface area (Å²) >= 11 is 0. The van der Waals surface area contributed by atoms with Gasteiger partial charge in [-0.25, -0.2) is 12.7 Å². The van der Waals surface area contributed by atoms with Crippen molar-refractivity contribution >= 4 is 21.7 Å². The highest BCUT2D eigenvalue weighted by molar-refractivity contribution is 7.88. The number of rotatable bonds is 4. The summed E-state index contributed by atoms with van der Waals surface area (Å²) in [5, 5.41) is 3.52. The predicted octanol–water partition coefficient (Wildman–Crippen LogP) is 1.36. The summed E-state index contributed by atoms with van der Waals surface area (Å²) in [6.07, 6.45) is 3.10. The number of benzene rings is 1. The van der Waals surface area contributed by atoms with Gasteiger partial charge in [0.15, 0.2) is 5.96 Å². The monoisotopic (exact) mass is 407 g/mol. The molecule has 2 fully saturated rings. The number of sulfonamides is 1. The molecule has 1 aromatic carbocycles. The van der Waals surface area contributed by atoms with Gasteiger partial charge in [0, 0.05) is 58.5 Å². The number of piperidine rings is 1. The van der Waals surface area contributed by atoms with Crippen molar-refractivity contribution < 1.29 is 8.42 Å². The Morgan fingerprint density at radius 2 is 1.82 bits per heavy atom. The maximum absolute atomic E-state index is 11.6. The molecule has 0 unspecified atom stereocenters. The van der Waals surface area contributed by atoms with Gasteiger partial charge in [0.1, 0.15) is 0 Å². The summed E-state index contributed by atoms with van der Waals surface area (Å²) in [4.78, 5) is 9.21. The van der Waals surface area contributed by atoms with Crippen molar-refractivity contribution in [2.24, 2.45) is 10.9 Å². The van der Waals surface area contributed by atoms with E-state index in [1.807, 2.05) is 7.05 Å². The Balaban J connectivity index is 1.45. The topological polar surface area (TPSA) is 68.2 Å². The summed E-state index contributed by atoms with van der Waals surface area (Å²) in [6.45, 7) is 8.08. The molecule has 0 saturated carbocycles. The van der Waals surface area contributed by atoms with E-state index in [-0.39, 0.29) is 0 Å². The third-order valence-corrected chi connectivity index (χ3v) is 7.05. The second-order valence-electron chi connectivity index (χ2n) is 7.85. The fourth-order valence-corrected chi connectivity index (χ4v) is 4.89. The van der Waals surface area contributed by atoms with Gasteiger partial charge in [0.25, 0.3) is 0 Å². The van der Waals surface area contributed by atoms with Gasteiger partial charge in [0.2, 0.25) is 10.0 Å². The van der Waals surface area contributed by atoms with Gasteiger partial charge in [0.05, 0.1) is 6.26 Å². The fraction of sp³-hybridized carbons (Fsp3) is 0.650. The lowest BCUT2D eigenvalue weighted by Gasteiger charge is -2.38. The van der Waals surface area contributed by atoms with Crippen molar-refractivity contribution in [3.05, 3.63) is 29.8 Å². The van der Waals surface area contributed by atoms with Gasteiger partial charge in [-0.3, -0.25) is 4.99 Å². The highest BCUT2D eigenvalue weighted by atomic mass is 32.2. The van der Waals surface area contributed by atoms with Crippen LogP contribution in [0.15, 0.2) is 29.3 Å². The van der Waals surface area contributed by atoms with E-state index in [1.54, 1.807) is 4.31 Å². The number of nitrogens with one attached hydrogen (secondary N) is 1. The van der Waals surface area contributed by atoms with Crippen molar-refractivity contribution in [1.82, 2.24) is 14.5 Å². The number of aliphatic imine (C=N–C) groups is 1. The number of aryl methyl sites for hydroxylation is 1. The molecule has 2 aliphatic heterocycles. The van der Waals surface area contributed by atoms with E-state index in [0.717, 1.165) is 51.5 Å². The summed E-state index contributed by atoms with van der Waals surface area (Å²) in [7, 11) is -1.22. The van der Waals surface area contributed by atoms with Crippen molar-refractivity contribution in [2.45, 2.75) is 19.8 Å². The minimum Gasteiger partial charge on any atom is -0.368 e. The molecule has 0 bridgehead atoms. The Kier molecular flexibility index (Phi) is 6.82. The highest BCUT2D eigenvalue weighted by Gasteiger charge is 2.26. The molecule has 28 heavy (non-hydrogen) atoms. The summed E-state index contributed by atoms with van der Waals surface area (Å²) < 4.78 is 24.9. The van der Waals surface area contributed by atoms with Crippen LogP contribution in [-0.4, -0.2) is 82.7 Å². The van der Waals surface area contributed by atoms with Crippen LogP contribution in [0.5, 0.6) is 0 Å². The predicted molar refractivity (Wildman–Crippen MR) is 115 cm³/mol. The van der Waals surface area contributed by atoms with E-state index in [1.165, 1.54) is 17.5 Å². The first-order valence-electron chi connectivity index (χ1n) is 10.1. The van der Waals surface area contributed by atoms with E-state index >= 15 is 0 Å². The third-order valence-electron chi connectivity index (χ3n) is 5.75. The van der Waals surface area contributed by atoms with Crippen LogP contribution in [0.1, 0.15) is 18.4 Å². The number of nitrogens with zero attached hydrogens (tertiary/aromatic N) is 4. The number of anilines is 1. The molecule has 0 aliphatic carbocycles. The summed E-state index contributed by atoms with van der Waals surface area (Å²) in [5.41, 5.74) is 2.58. The smallest absolute Gasteiger partial charge is 0.211 e. The SMILES string of the molecule is CN=C(NCC1CCN(S(C)(=O)=O)CC1)N1CCN(c2cccc(C)c2)CC1. The molecule has 2 aliphatic rings. The van der Waals surface area contributed by atoms with Gasteiger partial charge < -0.3 is 15.1 Å². The standard InChI is InChI=1S/C20H33N5O2S/c1-17-5-4-6-19(15-17)23-11-13-24(14-12-23)20(21-2)22-16-18-7-9-25(10-8-18)28(3,26)27/h4-6,15,18H,7-14,16H2,1-3H3,(H,21,22). The van der Waals surface area contributed by atoms with Crippen LogP contribution in [0.2, 0.25) is 0 Å². The van der Waals surface area contributed by atoms with Crippen LogP contribution in [0, 0.1) is 12.8 Å². The Morgan fingerprint density at radius 1 is 1.14 bits per heavy atom. The van der Waals surface area contributed by atoms with E-state index in [2.05, 4.69) is 51.3 Å². The molecule has 1 aromatic rings. The van der Waals surface area contributed by atoms with Gasteiger partial charge in [-0.2, -0.15) is 0 Å². The molecule has 0 amide bonds. The van der Waals surface area contributed by atoms with Crippen molar-refractivity contribution in [1.29, 1.82) is 0 Å². The summed E-state index contributed by atoms with van der Waals surface area (Å²) in [5.74, 6) is 1.44. The molecule has 2 heterocycles. The Morgan fingerprint density at radius 3 is 2.39 bits per heavy atom. The minimum absolute atomic E-state index is 0.489. The molecular weight excluding hydrogens is 374 g/mol. The molecule has 2 saturated heterocycles. The first-order chi connectivity index (χ1) is 13.4. The quantitative estimate of drug-likeness (QED) is 0.603. The van der Waals surface area contributed by atoms with E-state index in [9.17, 15) is 8.42 Å². The molecule has 1 N–H and O–H groups in total. The lowest BCUT2D eigenvalue weighted by atomic mass is 9.98. The average Bonchev–Trinajstić information content (AvgIpc) is 2.69. The fourth-order valence-electron chi connectivity index (χ4n) is 4.01. The third kappa shape index (κ3) is 5.38. The van der Waals surface area contributed by atoms with Gasteiger partial charge in [-0.15, -0.1) is 0 Å². The van der Waals surface area contributed by atoms with Crippen molar-refractivity contribution in [2.75, 3.05) is 64.0 Å². The molecule has 0 aromatic heterocycles. The molecule has 3 rings (SSSR count). The number of hydrogen-bond donors (Lipinski definition) is 1. The Hall–Kier alpha value is -1.80. The second kappa shape index (κ2) is 9.13. The van der Waals surface area contributed by atoms with Gasteiger partial charge in [-0.1, -0.05) is 12.1 Å². The van der Waals surface area contributed by atoms with Crippen molar-refractivity contribution in [3.8, 4) is 0 Å². The lowest BCUT2D eigenvalue weighted by molar-refractivity contribution is 0.271. The number of piperazine rings is 1. The molecule has 0 spiro atoms. The highest BCUT2D eigenvalue weighted by Crippen LogP contribution is 2.19. The maximum atomic E-state index is 11.6. The second-order valence-corrected chi connectivity index (χ2v) is 9.83. The van der Waals surface area contributed by atoms with Gasteiger partial charge >= 0.3 is 0 Å². The zero-order valence-electron chi connectivity index (χ0n) is 17.3. The van der Waals surface area contributed by atoms with E-state index in [4.69, 9.17) is 0 Å². The first kappa shape index (κ1) is 20.9. The molecular formula is C20H33N5O2S. The van der Waals surface area contributed by atoms with Crippen LogP contribution < -0.4 is 10.2 Å². The van der Waals surface area contributed by atoms with E-state index < -0.39 is 10.0 Å². The normalized spacial score (nSPS) is 20.5. The van der Waals surface area contributed by atoms with Crippen LogP contribution in [-0.2, 0) is 10.0 Å². The lowest BCUT2D eigenvalue weighted by Crippen LogP contribution is -2.53. The average molecular weight is 408 g/mol. The Bertz CT molecular complexity index is 780. The van der Waals surface area contributed by atoms with Crippen LogP contribution >= 0.6 is 0 Å².